The summed E-state index contributed by atoms with van der Waals surface area (Å²) in [6, 6.07) is 7.39. The number of halogens is 3. The van der Waals surface area contributed by atoms with Crippen molar-refractivity contribution in [2.45, 2.75) is 25.6 Å². The minimum atomic E-state index is -4.39. The van der Waals surface area contributed by atoms with E-state index in [2.05, 4.69) is 10.3 Å². The first kappa shape index (κ1) is 16.7. The van der Waals surface area contributed by atoms with Gasteiger partial charge in [-0.25, -0.2) is 0 Å². The summed E-state index contributed by atoms with van der Waals surface area (Å²) in [5, 5.41) is 9.52. The number of hydroxylamine groups is 1. The number of ether oxygens (including phenoxy) is 1. The van der Waals surface area contributed by atoms with Crippen molar-refractivity contribution < 1.29 is 27.9 Å². The maximum atomic E-state index is 11.8. The third kappa shape index (κ3) is 7.32. The average Bonchev–Trinajstić information content (AvgIpc) is 2.40. The summed E-state index contributed by atoms with van der Waals surface area (Å²) in [7, 11) is 0. The highest BCUT2D eigenvalue weighted by molar-refractivity contribution is 5.28. The van der Waals surface area contributed by atoms with Gasteiger partial charge in [0.05, 0.1) is 6.54 Å². The van der Waals surface area contributed by atoms with Crippen LogP contribution in [0.5, 0.6) is 5.75 Å². The van der Waals surface area contributed by atoms with E-state index in [1.807, 2.05) is 25.1 Å². The molecule has 1 rings (SSSR count). The predicted octanol–water partition coefficient (Wildman–Crippen LogP) is 2.07. The van der Waals surface area contributed by atoms with E-state index in [-0.39, 0.29) is 13.2 Å². The first-order valence-corrected chi connectivity index (χ1v) is 6.22. The van der Waals surface area contributed by atoms with Crippen LogP contribution in [0, 0.1) is 0 Å². The first-order valence-electron chi connectivity index (χ1n) is 6.22. The lowest BCUT2D eigenvalue weighted by Crippen LogP contribution is -2.34. The second-order valence-electron chi connectivity index (χ2n) is 4.22. The predicted molar refractivity (Wildman–Crippen MR) is 67.3 cm³/mol. The lowest BCUT2D eigenvalue weighted by atomic mass is 10.2. The number of aryl methyl sites for hydroxylation is 1. The molecule has 1 aromatic rings. The minimum Gasteiger partial charge on any atom is -0.491 e. The number of alkyl halides is 3. The van der Waals surface area contributed by atoms with Gasteiger partial charge in [0.1, 0.15) is 18.5 Å². The fourth-order valence-electron chi connectivity index (χ4n) is 1.39. The zero-order valence-electron chi connectivity index (χ0n) is 11.1. The van der Waals surface area contributed by atoms with Gasteiger partial charge in [-0.3, -0.25) is 4.84 Å². The number of nitrogens with one attached hydrogen (secondary N) is 1. The third-order valence-corrected chi connectivity index (χ3v) is 2.41. The molecule has 0 spiro atoms. The molecule has 2 N–H and O–H groups in total. The van der Waals surface area contributed by atoms with Gasteiger partial charge in [0.2, 0.25) is 0 Å². The molecule has 0 aliphatic carbocycles. The first-order chi connectivity index (χ1) is 9.40. The van der Waals surface area contributed by atoms with Crippen molar-refractivity contribution >= 4 is 0 Å². The lowest BCUT2D eigenvalue weighted by molar-refractivity contribution is -0.191. The van der Waals surface area contributed by atoms with Crippen LogP contribution in [0.15, 0.2) is 24.3 Å². The number of aliphatic hydroxyl groups excluding tert-OH is 1. The topological polar surface area (TPSA) is 50.7 Å². The fourth-order valence-corrected chi connectivity index (χ4v) is 1.39. The monoisotopic (exact) mass is 293 g/mol. The fraction of sp³-hybridized carbons (Fsp3) is 0.538. The number of rotatable bonds is 8. The van der Waals surface area contributed by atoms with Crippen LogP contribution in [0.4, 0.5) is 13.2 Å². The standard InChI is InChI=1S/C13H18F3NO3/c1-2-10-4-3-5-12(6-10)19-8-11(18)7-17-20-9-13(14,15)16/h3-6,11,17-18H,2,7-9H2,1H3. The molecule has 1 atom stereocenters. The summed E-state index contributed by atoms with van der Waals surface area (Å²) in [6.07, 6.45) is -4.49. The van der Waals surface area contributed by atoms with Crippen LogP contribution < -0.4 is 10.2 Å². The Morgan fingerprint density at radius 3 is 2.75 bits per heavy atom. The van der Waals surface area contributed by atoms with Gasteiger partial charge in [-0.05, 0) is 24.1 Å². The van der Waals surface area contributed by atoms with Crippen LogP contribution in [-0.2, 0) is 11.3 Å². The Morgan fingerprint density at radius 1 is 1.35 bits per heavy atom. The van der Waals surface area contributed by atoms with Gasteiger partial charge in [-0.1, -0.05) is 19.1 Å². The number of benzene rings is 1. The van der Waals surface area contributed by atoms with Gasteiger partial charge in [-0.15, -0.1) is 0 Å². The van der Waals surface area contributed by atoms with E-state index in [0.29, 0.717) is 5.75 Å². The highest BCUT2D eigenvalue weighted by atomic mass is 19.4. The highest BCUT2D eigenvalue weighted by Crippen LogP contribution is 2.14. The van der Waals surface area contributed by atoms with Crippen molar-refractivity contribution in [2.75, 3.05) is 19.8 Å². The Balaban J connectivity index is 2.20. The van der Waals surface area contributed by atoms with Gasteiger partial charge in [0.15, 0.2) is 6.61 Å². The molecule has 1 unspecified atom stereocenters. The van der Waals surface area contributed by atoms with Crippen LogP contribution in [0.2, 0.25) is 0 Å². The van der Waals surface area contributed by atoms with E-state index in [0.717, 1.165) is 12.0 Å². The van der Waals surface area contributed by atoms with Gasteiger partial charge >= 0.3 is 6.18 Å². The van der Waals surface area contributed by atoms with Crippen LogP contribution in [0.3, 0.4) is 0 Å². The van der Waals surface area contributed by atoms with Crippen molar-refractivity contribution in [2.24, 2.45) is 0 Å². The number of hydrogen-bond donors (Lipinski definition) is 2. The van der Waals surface area contributed by atoms with Crippen molar-refractivity contribution in [3.8, 4) is 5.75 Å². The SMILES string of the molecule is CCc1cccc(OCC(O)CNOCC(F)(F)F)c1. The van der Waals surface area contributed by atoms with E-state index < -0.39 is 18.9 Å². The average molecular weight is 293 g/mol. The molecule has 0 aliphatic heterocycles. The maximum absolute atomic E-state index is 11.8. The van der Waals surface area contributed by atoms with Crippen LogP contribution >= 0.6 is 0 Å². The molecule has 0 saturated carbocycles. The Labute approximate surface area is 115 Å². The Morgan fingerprint density at radius 2 is 2.10 bits per heavy atom. The molecule has 0 fully saturated rings. The van der Waals surface area contributed by atoms with Crippen molar-refractivity contribution in [3.63, 3.8) is 0 Å². The summed E-state index contributed by atoms with van der Waals surface area (Å²) < 4.78 is 40.6. The summed E-state index contributed by atoms with van der Waals surface area (Å²) in [5.74, 6) is 0.611. The summed E-state index contributed by atoms with van der Waals surface area (Å²) in [5.41, 5.74) is 3.15. The molecule has 0 aliphatic rings. The second-order valence-corrected chi connectivity index (χ2v) is 4.22. The van der Waals surface area contributed by atoms with Gasteiger partial charge in [0, 0.05) is 0 Å². The Bertz CT molecular complexity index is 399. The van der Waals surface area contributed by atoms with Crippen molar-refractivity contribution in [1.29, 1.82) is 0 Å². The van der Waals surface area contributed by atoms with E-state index in [1.165, 1.54) is 0 Å². The minimum absolute atomic E-state index is 0.0322. The van der Waals surface area contributed by atoms with Gasteiger partial charge < -0.3 is 9.84 Å². The van der Waals surface area contributed by atoms with Crippen molar-refractivity contribution in [3.05, 3.63) is 29.8 Å². The Kier molecular flexibility index (Phi) is 6.77. The quantitative estimate of drug-likeness (QED) is 0.569. The summed E-state index contributed by atoms with van der Waals surface area (Å²) in [4.78, 5) is 4.17. The lowest BCUT2D eigenvalue weighted by Gasteiger charge is -2.14. The largest absolute Gasteiger partial charge is 0.491 e. The normalized spacial score (nSPS) is 13.2. The maximum Gasteiger partial charge on any atom is 0.413 e. The molecule has 0 heterocycles. The molecular weight excluding hydrogens is 275 g/mol. The molecular formula is C13H18F3NO3. The van der Waals surface area contributed by atoms with Crippen LogP contribution in [0.25, 0.3) is 0 Å². The molecule has 0 aromatic heterocycles. The molecule has 0 saturated heterocycles. The van der Waals surface area contributed by atoms with E-state index in [4.69, 9.17) is 4.74 Å². The van der Waals surface area contributed by atoms with Gasteiger partial charge in [0.25, 0.3) is 0 Å². The van der Waals surface area contributed by atoms with Gasteiger partial charge in [-0.2, -0.15) is 18.7 Å². The summed E-state index contributed by atoms with van der Waals surface area (Å²) >= 11 is 0. The van der Waals surface area contributed by atoms with E-state index in [9.17, 15) is 18.3 Å². The molecule has 0 amide bonds. The molecule has 114 valence electrons. The third-order valence-electron chi connectivity index (χ3n) is 2.41. The molecule has 0 radical (unpaired) electrons. The smallest absolute Gasteiger partial charge is 0.413 e. The Hall–Kier alpha value is -1.31. The molecule has 7 heteroatoms. The second kappa shape index (κ2) is 8.08. The molecule has 20 heavy (non-hydrogen) atoms. The number of hydrogen-bond acceptors (Lipinski definition) is 4. The molecule has 0 bridgehead atoms. The molecule has 1 aromatic carbocycles. The number of aliphatic hydroxyl groups is 1. The highest BCUT2D eigenvalue weighted by Gasteiger charge is 2.27. The summed E-state index contributed by atoms with van der Waals surface area (Å²) in [6.45, 7) is 0.425. The zero-order valence-corrected chi connectivity index (χ0v) is 11.1. The van der Waals surface area contributed by atoms with Crippen molar-refractivity contribution in [1.82, 2.24) is 5.48 Å². The van der Waals surface area contributed by atoms with Crippen LogP contribution in [-0.4, -0.2) is 37.1 Å². The van der Waals surface area contributed by atoms with E-state index in [1.54, 1.807) is 6.07 Å². The van der Waals surface area contributed by atoms with Crippen LogP contribution in [0.1, 0.15) is 12.5 Å². The zero-order chi connectivity index (χ0) is 15.0. The molecule has 4 nitrogen and oxygen atoms in total. The van der Waals surface area contributed by atoms with E-state index >= 15 is 0 Å².